The molecule has 46 heavy (non-hydrogen) atoms. The molecular weight excluding hydrogens is 604 g/mol. The molecular formula is C36H44N2O7S. The lowest BCUT2D eigenvalue weighted by atomic mass is 9.62. The van der Waals surface area contributed by atoms with Gasteiger partial charge in [-0.3, -0.25) is 24.2 Å². The molecule has 0 radical (unpaired) electrons. The van der Waals surface area contributed by atoms with E-state index in [1.165, 1.54) is 0 Å². The molecule has 10 heteroatoms. The second kappa shape index (κ2) is 13.0. The number of hydrogen-bond donors (Lipinski definition) is 1. The molecule has 9 atom stereocenters. The van der Waals surface area contributed by atoms with Gasteiger partial charge in [-0.2, -0.15) is 0 Å². The summed E-state index contributed by atoms with van der Waals surface area (Å²) in [7, 11) is 0. The zero-order valence-electron chi connectivity index (χ0n) is 27.7. The van der Waals surface area contributed by atoms with E-state index in [0.717, 1.165) is 15.4 Å². The van der Waals surface area contributed by atoms with Crippen molar-refractivity contribution in [2.45, 2.75) is 91.1 Å². The maximum Gasteiger partial charge on any atom is 0.324 e. The highest BCUT2D eigenvalue weighted by Crippen LogP contribution is 2.53. The van der Waals surface area contributed by atoms with Crippen LogP contribution in [-0.2, 0) is 33.4 Å². The third-order valence-electron chi connectivity index (χ3n) is 10.1. The Morgan fingerprint density at radius 3 is 2.46 bits per heavy atom. The third kappa shape index (κ3) is 6.29. The van der Waals surface area contributed by atoms with Gasteiger partial charge in [-0.1, -0.05) is 45.6 Å². The Hall–Kier alpha value is -3.39. The van der Waals surface area contributed by atoms with E-state index < -0.39 is 64.4 Å². The number of aromatic nitrogens is 1. The SMILES string of the molecule is CC[C@@H]1OC(=O)[C@H](C)C(=O)[C@H](C)C[C@](C)(OCC#Cc2ccc(-c3ccccn3)s2)C[C@@H](C)C(=O)[C@]2(C)CN[C@H]3C(=O)O[C@@]1(C)C32. The average Bonchev–Trinajstić information content (AvgIpc) is 3.72. The number of ether oxygens (including phenoxy) is 3. The Bertz CT molecular complexity index is 1560. The van der Waals surface area contributed by atoms with Gasteiger partial charge in [-0.25, -0.2) is 0 Å². The van der Waals surface area contributed by atoms with Crippen LogP contribution >= 0.6 is 11.3 Å². The maximum absolute atomic E-state index is 14.4. The van der Waals surface area contributed by atoms with Gasteiger partial charge < -0.3 is 19.5 Å². The number of esters is 2. The van der Waals surface area contributed by atoms with Crippen molar-refractivity contribution in [3.63, 3.8) is 0 Å². The summed E-state index contributed by atoms with van der Waals surface area (Å²) in [6, 6.07) is 9.02. The average molecular weight is 649 g/mol. The molecule has 0 bridgehead atoms. The summed E-state index contributed by atoms with van der Waals surface area (Å²) in [4.78, 5) is 60.7. The number of thiophene rings is 1. The van der Waals surface area contributed by atoms with Crippen LogP contribution in [0.4, 0.5) is 0 Å². The summed E-state index contributed by atoms with van der Waals surface area (Å²) < 4.78 is 18.3. The highest BCUT2D eigenvalue weighted by Gasteiger charge is 2.69. The van der Waals surface area contributed by atoms with Crippen LogP contribution < -0.4 is 5.32 Å². The van der Waals surface area contributed by atoms with Gasteiger partial charge in [0.1, 0.15) is 36.2 Å². The summed E-state index contributed by atoms with van der Waals surface area (Å²) in [5, 5.41) is 3.24. The molecule has 0 aliphatic carbocycles. The first-order valence-electron chi connectivity index (χ1n) is 16.1. The van der Waals surface area contributed by atoms with E-state index in [4.69, 9.17) is 14.2 Å². The molecule has 246 valence electrons. The molecule has 3 aliphatic heterocycles. The van der Waals surface area contributed by atoms with E-state index in [1.54, 1.807) is 38.3 Å². The van der Waals surface area contributed by atoms with Crippen LogP contribution in [0.25, 0.3) is 10.6 Å². The maximum atomic E-state index is 14.4. The van der Waals surface area contributed by atoms with Crippen LogP contribution in [-0.4, -0.2) is 65.0 Å². The molecule has 3 aliphatic rings. The largest absolute Gasteiger partial charge is 0.458 e. The molecule has 3 saturated heterocycles. The van der Waals surface area contributed by atoms with Gasteiger partial charge in [-0.05, 0) is 64.3 Å². The van der Waals surface area contributed by atoms with Gasteiger partial charge in [0.25, 0.3) is 0 Å². The molecule has 0 amide bonds. The summed E-state index contributed by atoms with van der Waals surface area (Å²) >= 11 is 1.54. The molecule has 2 aromatic rings. The monoisotopic (exact) mass is 648 g/mol. The number of Topliss-reactive ketones (excluding diaryl/α,β-unsaturated/α-hetero) is 2. The van der Waals surface area contributed by atoms with Gasteiger partial charge in [0.15, 0.2) is 5.60 Å². The fourth-order valence-electron chi connectivity index (χ4n) is 7.98. The van der Waals surface area contributed by atoms with E-state index in [1.807, 2.05) is 58.0 Å². The molecule has 9 nitrogen and oxygen atoms in total. The Labute approximate surface area is 275 Å². The van der Waals surface area contributed by atoms with Gasteiger partial charge in [-0.15, -0.1) is 11.3 Å². The van der Waals surface area contributed by atoms with Gasteiger partial charge >= 0.3 is 11.9 Å². The fraction of sp³-hybridized carbons (Fsp3) is 0.583. The minimum absolute atomic E-state index is 0.0239. The molecule has 0 spiro atoms. The number of carbonyl (C=O) groups excluding carboxylic acids is 4. The lowest BCUT2D eigenvalue weighted by Gasteiger charge is -2.43. The summed E-state index contributed by atoms with van der Waals surface area (Å²) in [5.74, 6) is 2.26. The smallest absolute Gasteiger partial charge is 0.324 e. The predicted octanol–water partition coefficient (Wildman–Crippen LogP) is 5.01. The second-order valence-corrected chi connectivity index (χ2v) is 14.9. The molecule has 3 fully saturated rings. The van der Waals surface area contributed by atoms with E-state index >= 15 is 0 Å². The summed E-state index contributed by atoms with van der Waals surface area (Å²) in [5.41, 5.74) is -2.23. The van der Waals surface area contributed by atoms with Crippen molar-refractivity contribution in [2.75, 3.05) is 13.2 Å². The van der Waals surface area contributed by atoms with Crippen molar-refractivity contribution in [1.29, 1.82) is 0 Å². The zero-order chi connectivity index (χ0) is 33.4. The Kier molecular flexibility index (Phi) is 9.61. The molecule has 5 heterocycles. The van der Waals surface area contributed by atoms with Gasteiger partial charge in [0.2, 0.25) is 0 Å². The van der Waals surface area contributed by atoms with Gasteiger partial charge in [0, 0.05) is 35.9 Å². The van der Waals surface area contributed by atoms with E-state index in [-0.39, 0.29) is 18.2 Å². The number of carbonyl (C=O) groups is 4. The number of rotatable bonds is 4. The van der Waals surface area contributed by atoms with Crippen molar-refractivity contribution in [1.82, 2.24) is 10.3 Å². The van der Waals surface area contributed by atoms with Crippen LogP contribution in [0.15, 0.2) is 36.5 Å². The predicted molar refractivity (Wildman–Crippen MR) is 174 cm³/mol. The van der Waals surface area contributed by atoms with Crippen LogP contribution in [0.2, 0.25) is 0 Å². The molecule has 1 unspecified atom stereocenters. The molecule has 1 N–H and O–H groups in total. The van der Waals surface area contributed by atoms with Crippen molar-refractivity contribution in [3.05, 3.63) is 41.4 Å². The standard InChI is InChI=1S/C36H44N2O7S/c1-8-27-36(7)30-28(33(42)45-36)38-20-35(30,6)31(40)22(3)19-34(5,18-21(2)29(39)23(4)32(41)44-27)43-17-11-12-24-14-15-26(46-24)25-13-9-10-16-37-25/h9-10,13-16,21-23,27-28,30,38H,8,17-20H2,1-7H3/t21-,22-,23-,27+,28-,30?,34+,35-,36-/m1/s1. The van der Waals surface area contributed by atoms with Crippen molar-refractivity contribution >= 4 is 34.8 Å². The first-order chi connectivity index (χ1) is 21.7. The third-order valence-corrected chi connectivity index (χ3v) is 11.2. The summed E-state index contributed by atoms with van der Waals surface area (Å²) in [6.07, 6.45) is 1.93. The number of nitrogens with one attached hydrogen (secondary N) is 1. The van der Waals surface area contributed by atoms with E-state index in [2.05, 4.69) is 22.1 Å². The van der Waals surface area contributed by atoms with Crippen LogP contribution in [0.5, 0.6) is 0 Å². The molecule has 0 aromatic carbocycles. The highest BCUT2D eigenvalue weighted by molar-refractivity contribution is 7.16. The van der Waals surface area contributed by atoms with Crippen molar-refractivity contribution in [2.24, 2.45) is 29.1 Å². The molecule has 0 saturated carbocycles. The number of nitrogens with zero attached hydrogens (tertiary/aromatic N) is 1. The van der Waals surface area contributed by atoms with Crippen LogP contribution in [0.1, 0.15) is 72.6 Å². The number of hydrogen-bond acceptors (Lipinski definition) is 10. The fourth-order valence-corrected chi connectivity index (χ4v) is 8.84. The highest BCUT2D eigenvalue weighted by atomic mass is 32.1. The first-order valence-corrected chi connectivity index (χ1v) is 16.9. The lowest BCUT2D eigenvalue weighted by molar-refractivity contribution is -0.186. The lowest BCUT2D eigenvalue weighted by Crippen LogP contribution is -2.56. The summed E-state index contributed by atoms with van der Waals surface area (Å²) in [6.45, 7) is 13.0. The Balaban J connectivity index is 1.42. The normalized spacial score (nSPS) is 36.7. The first kappa shape index (κ1) is 34.0. The minimum atomic E-state index is -1.24. The zero-order valence-corrected chi connectivity index (χ0v) is 28.5. The Morgan fingerprint density at radius 2 is 1.76 bits per heavy atom. The van der Waals surface area contributed by atoms with Crippen molar-refractivity contribution < 1.29 is 33.4 Å². The Morgan fingerprint density at radius 1 is 1.02 bits per heavy atom. The van der Waals surface area contributed by atoms with Crippen LogP contribution in [0.3, 0.4) is 0 Å². The molecule has 5 rings (SSSR count). The minimum Gasteiger partial charge on any atom is -0.458 e. The number of cyclic esters (lactones) is 1. The van der Waals surface area contributed by atoms with Gasteiger partial charge in [0.05, 0.1) is 21.0 Å². The topological polar surface area (TPSA) is 121 Å². The second-order valence-electron chi connectivity index (χ2n) is 13.8. The van der Waals surface area contributed by atoms with Crippen LogP contribution in [0, 0.1) is 40.9 Å². The van der Waals surface area contributed by atoms with E-state index in [9.17, 15) is 19.2 Å². The van der Waals surface area contributed by atoms with Crippen molar-refractivity contribution in [3.8, 4) is 22.4 Å². The van der Waals surface area contributed by atoms with E-state index in [0.29, 0.717) is 25.8 Å². The molecule has 2 aromatic heterocycles. The quantitative estimate of drug-likeness (QED) is 0.277. The number of ketones is 2. The number of pyridine rings is 1.